The number of ether oxygens (including phenoxy) is 1. The first-order valence-corrected chi connectivity index (χ1v) is 14.0. The number of amides is 1. The highest BCUT2D eigenvalue weighted by Crippen LogP contribution is 2.34. The zero-order valence-electron chi connectivity index (χ0n) is 20.3. The molecule has 0 aliphatic rings. The topological polar surface area (TPSA) is 85.6 Å². The van der Waals surface area contributed by atoms with Crippen molar-refractivity contribution in [2.45, 2.75) is 26.2 Å². The normalized spacial score (nSPS) is 12.2. The molecule has 4 rings (SSSR count). The molecule has 1 aromatic heterocycles. The lowest BCUT2D eigenvalue weighted by atomic mass is 10.1. The first-order valence-electron chi connectivity index (χ1n) is 11.6. The Kier molecular flexibility index (Phi) is 9.11. The number of aromatic nitrogens is 2. The van der Waals surface area contributed by atoms with Crippen molar-refractivity contribution in [1.82, 2.24) is 9.66 Å². The van der Waals surface area contributed by atoms with Gasteiger partial charge < -0.3 is 10.1 Å². The first kappa shape index (κ1) is 28.1. The van der Waals surface area contributed by atoms with E-state index in [1.54, 1.807) is 24.4 Å². The van der Waals surface area contributed by atoms with Crippen LogP contribution in [0.15, 0.2) is 77.9 Å². The Balaban J connectivity index is 1.57. The molecule has 0 fully saturated rings. The summed E-state index contributed by atoms with van der Waals surface area (Å²) < 4.78 is 22.0. The number of benzene rings is 3. The summed E-state index contributed by atoms with van der Waals surface area (Å²) in [6.45, 7) is 3.78. The van der Waals surface area contributed by atoms with Gasteiger partial charge in [0.05, 0.1) is 26.1 Å². The Morgan fingerprint density at radius 2 is 1.82 bits per heavy atom. The van der Waals surface area contributed by atoms with Crippen LogP contribution in [0.3, 0.4) is 0 Å². The third kappa shape index (κ3) is 6.57. The predicted molar refractivity (Wildman–Crippen MR) is 158 cm³/mol. The van der Waals surface area contributed by atoms with E-state index in [9.17, 15) is 14.0 Å². The van der Waals surface area contributed by atoms with Crippen LogP contribution in [-0.2, 0) is 4.79 Å². The maximum Gasteiger partial charge on any atom is 0.282 e. The fourth-order valence-electron chi connectivity index (χ4n) is 3.56. The van der Waals surface area contributed by atoms with Gasteiger partial charge in [0, 0.05) is 16.1 Å². The minimum atomic E-state index is -0.395. The van der Waals surface area contributed by atoms with Gasteiger partial charge in [-0.3, -0.25) is 9.59 Å². The highest BCUT2D eigenvalue weighted by molar-refractivity contribution is 9.11. The van der Waals surface area contributed by atoms with Gasteiger partial charge in [0.25, 0.3) is 11.5 Å². The molecule has 0 saturated heterocycles. The molecule has 4 aromatic rings. The van der Waals surface area contributed by atoms with E-state index in [2.05, 4.69) is 58.2 Å². The van der Waals surface area contributed by atoms with E-state index < -0.39 is 5.91 Å². The highest BCUT2D eigenvalue weighted by Gasteiger charge is 2.16. The number of rotatable bonds is 8. The van der Waals surface area contributed by atoms with E-state index in [-0.39, 0.29) is 23.9 Å². The zero-order chi connectivity index (χ0) is 27.4. The summed E-state index contributed by atoms with van der Waals surface area (Å²) in [5.74, 6) is 0.234. The molecule has 0 saturated carbocycles. The third-order valence-corrected chi connectivity index (χ3v) is 7.38. The van der Waals surface area contributed by atoms with Gasteiger partial charge in [-0.1, -0.05) is 29.8 Å². The van der Waals surface area contributed by atoms with Gasteiger partial charge in [0.2, 0.25) is 0 Å². The monoisotopic (exact) mass is 706 g/mol. The van der Waals surface area contributed by atoms with Crippen LogP contribution in [0, 0.1) is 5.82 Å². The van der Waals surface area contributed by atoms with E-state index in [4.69, 9.17) is 9.72 Å². The molecule has 0 radical (unpaired) electrons. The third-order valence-electron chi connectivity index (χ3n) is 5.70. The molecule has 0 bridgehead atoms. The SMILES string of the molecule is CC[C@@H](C)c1nc2ccc(Br)cc2c(=O)n1N=Cc1cc(Br)c(OCC(=O)Nc2ccc(F)cc2)c(Br)c1. The van der Waals surface area contributed by atoms with Crippen LogP contribution in [0.4, 0.5) is 10.1 Å². The van der Waals surface area contributed by atoms with Crippen LogP contribution in [0.25, 0.3) is 10.9 Å². The van der Waals surface area contributed by atoms with Crippen LogP contribution >= 0.6 is 47.8 Å². The molecule has 0 unspecified atom stereocenters. The number of halogens is 4. The quantitative estimate of drug-likeness (QED) is 0.196. The van der Waals surface area contributed by atoms with Crippen LogP contribution in [0.1, 0.15) is 37.6 Å². The van der Waals surface area contributed by atoms with Crippen molar-refractivity contribution in [3.05, 3.63) is 95.6 Å². The van der Waals surface area contributed by atoms with Crippen molar-refractivity contribution in [3.8, 4) is 5.75 Å². The molecule has 3 aromatic carbocycles. The molecule has 0 aliphatic carbocycles. The summed E-state index contributed by atoms with van der Waals surface area (Å²) in [6, 6.07) is 14.4. The number of nitrogens with one attached hydrogen (secondary N) is 1. The smallest absolute Gasteiger partial charge is 0.282 e. The van der Waals surface area contributed by atoms with E-state index in [1.807, 2.05) is 26.0 Å². The average Bonchev–Trinajstić information content (AvgIpc) is 2.88. The largest absolute Gasteiger partial charge is 0.481 e. The first-order chi connectivity index (χ1) is 18.2. The maximum absolute atomic E-state index is 13.3. The number of carbonyl (C=O) groups is 1. The van der Waals surface area contributed by atoms with E-state index in [0.717, 1.165) is 10.9 Å². The van der Waals surface area contributed by atoms with Crippen molar-refractivity contribution in [3.63, 3.8) is 0 Å². The number of fused-ring (bicyclic) bond motifs is 1. The Labute approximate surface area is 243 Å². The highest BCUT2D eigenvalue weighted by atomic mass is 79.9. The van der Waals surface area contributed by atoms with Gasteiger partial charge in [0.15, 0.2) is 6.61 Å². The molecule has 1 heterocycles. The van der Waals surface area contributed by atoms with Gasteiger partial charge in [0.1, 0.15) is 17.4 Å². The molecule has 38 heavy (non-hydrogen) atoms. The van der Waals surface area contributed by atoms with E-state index >= 15 is 0 Å². The van der Waals surface area contributed by atoms with Crippen molar-refractivity contribution in [2.75, 3.05) is 11.9 Å². The fourth-order valence-corrected chi connectivity index (χ4v) is 5.38. The number of anilines is 1. The van der Waals surface area contributed by atoms with Crippen molar-refractivity contribution < 1.29 is 13.9 Å². The van der Waals surface area contributed by atoms with Crippen LogP contribution in [-0.4, -0.2) is 28.4 Å². The molecule has 1 amide bonds. The lowest BCUT2D eigenvalue weighted by molar-refractivity contribution is -0.118. The zero-order valence-corrected chi connectivity index (χ0v) is 25.1. The van der Waals surface area contributed by atoms with Gasteiger partial charge in [-0.05, 0) is 98.4 Å². The Bertz CT molecular complexity index is 1570. The second-order valence-electron chi connectivity index (χ2n) is 8.46. The lowest BCUT2D eigenvalue weighted by Gasteiger charge is -2.14. The van der Waals surface area contributed by atoms with Crippen LogP contribution in [0.5, 0.6) is 5.75 Å². The van der Waals surface area contributed by atoms with Crippen LogP contribution in [0.2, 0.25) is 0 Å². The lowest BCUT2D eigenvalue weighted by Crippen LogP contribution is -2.23. The number of nitrogens with zero attached hydrogens (tertiary/aromatic N) is 3. The Hall–Kier alpha value is -2.89. The molecule has 11 heteroatoms. The summed E-state index contributed by atoms with van der Waals surface area (Å²) in [5, 5.41) is 7.60. The second-order valence-corrected chi connectivity index (χ2v) is 11.1. The summed E-state index contributed by atoms with van der Waals surface area (Å²) in [6.07, 6.45) is 2.36. The van der Waals surface area contributed by atoms with E-state index in [1.165, 1.54) is 28.9 Å². The Morgan fingerprint density at radius 3 is 2.47 bits per heavy atom. The Morgan fingerprint density at radius 1 is 1.13 bits per heavy atom. The molecule has 0 spiro atoms. The summed E-state index contributed by atoms with van der Waals surface area (Å²) in [7, 11) is 0. The fraction of sp³-hybridized carbons (Fsp3) is 0.185. The molecular weight excluding hydrogens is 687 g/mol. The van der Waals surface area contributed by atoms with E-state index in [0.29, 0.717) is 42.7 Å². The van der Waals surface area contributed by atoms with Gasteiger partial charge in [-0.2, -0.15) is 9.78 Å². The van der Waals surface area contributed by atoms with Gasteiger partial charge >= 0.3 is 0 Å². The molecule has 7 nitrogen and oxygen atoms in total. The predicted octanol–water partition coefficient (Wildman–Crippen LogP) is 7.24. The number of hydrogen-bond acceptors (Lipinski definition) is 5. The molecule has 196 valence electrons. The number of carbonyl (C=O) groups excluding carboxylic acids is 1. The van der Waals surface area contributed by atoms with Gasteiger partial charge in [-0.25, -0.2) is 9.37 Å². The summed E-state index contributed by atoms with van der Waals surface area (Å²) in [4.78, 5) is 30.3. The van der Waals surface area contributed by atoms with Crippen LogP contribution < -0.4 is 15.6 Å². The maximum atomic E-state index is 13.3. The standard InChI is InChI=1S/C27H22Br3FN4O3/c1-3-15(2)26-34-23-9-4-17(28)12-20(23)27(37)35(26)32-13-16-10-21(29)25(22(30)11-16)38-14-24(36)33-19-7-5-18(31)6-8-19/h4-13,15H,3,14H2,1-2H3,(H,33,36)/t15-/m1/s1. The molecule has 0 aliphatic heterocycles. The minimum Gasteiger partial charge on any atom is -0.481 e. The molecule has 1 atom stereocenters. The van der Waals surface area contributed by atoms with Gasteiger partial charge in [-0.15, -0.1) is 0 Å². The molecular formula is C27H22Br3FN4O3. The minimum absolute atomic E-state index is 0.0169. The second kappa shape index (κ2) is 12.3. The average molecular weight is 709 g/mol. The van der Waals surface area contributed by atoms with Crippen molar-refractivity contribution in [2.24, 2.45) is 5.10 Å². The van der Waals surface area contributed by atoms with Crippen molar-refractivity contribution >= 4 is 76.5 Å². The number of hydrogen-bond donors (Lipinski definition) is 1. The molecule has 1 N–H and O–H groups in total. The van der Waals surface area contributed by atoms with Crippen molar-refractivity contribution in [1.29, 1.82) is 0 Å². The summed E-state index contributed by atoms with van der Waals surface area (Å²) >= 11 is 10.4. The summed E-state index contributed by atoms with van der Waals surface area (Å²) in [5.41, 5.74) is 1.51.